The Bertz CT molecular complexity index is 714. The third-order valence-electron chi connectivity index (χ3n) is 4.51. The molecule has 1 heterocycles. The molecule has 0 radical (unpaired) electrons. The second-order valence-electron chi connectivity index (χ2n) is 9.19. The molecule has 1 aliphatic heterocycles. The molecule has 1 saturated heterocycles. The normalized spacial score (nSPS) is 20.5. The number of hydrogen-bond donors (Lipinski definition) is 1. The van der Waals surface area contributed by atoms with Gasteiger partial charge in [-0.3, -0.25) is 4.90 Å². The third kappa shape index (κ3) is 5.37. The van der Waals surface area contributed by atoms with E-state index in [2.05, 4.69) is 26.8 Å². The lowest BCUT2D eigenvalue weighted by Gasteiger charge is -2.26. The van der Waals surface area contributed by atoms with Gasteiger partial charge in [-0.1, -0.05) is 32.9 Å². The summed E-state index contributed by atoms with van der Waals surface area (Å²) in [4.78, 5) is 25.2. The monoisotopic (exact) mass is 377 g/mol. The van der Waals surface area contributed by atoms with Gasteiger partial charge in [0.2, 0.25) is 0 Å². The van der Waals surface area contributed by atoms with Crippen molar-refractivity contribution in [1.29, 1.82) is 0 Å². The van der Waals surface area contributed by atoms with Crippen molar-refractivity contribution in [1.82, 2.24) is 4.90 Å². The maximum Gasteiger partial charge on any atom is 0.411 e. The number of rotatable bonds is 3. The number of benzene rings is 1. The summed E-state index contributed by atoms with van der Waals surface area (Å²) >= 11 is 0. The van der Waals surface area contributed by atoms with E-state index in [0.29, 0.717) is 5.75 Å². The standard InChI is InChI=1S/C21H31NO5/c1-13-10-14(20(2,3)4)8-9-17(13)26-15-11-16(18(23)24)22(12-15)19(25)27-21(5,6)7/h8-10,15-16H,11-12H2,1-7H3,(H,23,24)/t15-,16+/m1/s1. The average Bonchev–Trinajstić information content (AvgIpc) is 2.91. The van der Waals surface area contributed by atoms with Crippen molar-refractivity contribution in [3.63, 3.8) is 0 Å². The van der Waals surface area contributed by atoms with Gasteiger partial charge in [-0.05, 0) is 50.3 Å². The van der Waals surface area contributed by atoms with Crippen LogP contribution in [0.2, 0.25) is 0 Å². The molecule has 0 spiro atoms. The molecule has 1 amide bonds. The predicted octanol–water partition coefficient (Wildman–Crippen LogP) is 4.13. The van der Waals surface area contributed by atoms with Crippen molar-refractivity contribution in [2.24, 2.45) is 0 Å². The quantitative estimate of drug-likeness (QED) is 0.857. The van der Waals surface area contributed by atoms with E-state index in [9.17, 15) is 14.7 Å². The van der Waals surface area contributed by atoms with Gasteiger partial charge in [-0.15, -0.1) is 0 Å². The summed E-state index contributed by atoms with van der Waals surface area (Å²) in [6, 6.07) is 5.09. The SMILES string of the molecule is Cc1cc(C(C)(C)C)ccc1O[C@@H]1C[C@@H](C(=O)O)N(C(=O)OC(C)(C)C)C1. The van der Waals surface area contributed by atoms with Crippen molar-refractivity contribution >= 4 is 12.1 Å². The number of hydrogen-bond acceptors (Lipinski definition) is 4. The number of carbonyl (C=O) groups excluding carboxylic acids is 1. The molecule has 0 bridgehead atoms. The van der Waals surface area contributed by atoms with E-state index >= 15 is 0 Å². The lowest BCUT2D eigenvalue weighted by Crippen LogP contribution is -2.43. The maximum absolute atomic E-state index is 12.4. The van der Waals surface area contributed by atoms with Crippen LogP contribution in [0.25, 0.3) is 0 Å². The number of nitrogens with zero attached hydrogens (tertiary/aromatic N) is 1. The average molecular weight is 377 g/mol. The van der Waals surface area contributed by atoms with Gasteiger partial charge in [0.1, 0.15) is 23.5 Å². The first-order valence-electron chi connectivity index (χ1n) is 9.28. The van der Waals surface area contributed by atoms with E-state index < -0.39 is 29.8 Å². The Morgan fingerprint density at radius 1 is 1.15 bits per heavy atom. The first-order chi connectivity index (χ1) is 12.3. The van der Waals surface area contributed by atoms with E-state index in [-0.39, 0.29) is 18.4 Å². The summed E-state index contributed by atoms with van der Waals surface area (Å²) in [7, 11) is 0. The first kappa shape index (κ1) is 21.1. The molecule has 6 nitrogen and oxygen atoms in total. The van der Waals surface area contributed by atoms with Gasteiger partial charge in [-0.25, -0.2) is 9.59 Å². The Balaban J connectivity index is 2.14. The molecular formula is C21H31NO5. The highest BCUT2D eigenvalue weighted by Crippen LogP contribution is 2.30. The number of amides is 1. The molecule has 1 N–H and O–H groups in total. The van der Waals surface area contributed by atoms with Crippen LogP contribution in [-0.4, -0.2) is 46.4 Å². The minimum absolute atomic E-state index is 0.0402. The summed E-state index contributed by atoms with van der Waals surface area (Å²) in [6.45, 7) is 13.9. The molecule has 1 aliphatic rings. The fourth-order valence-corrected chi connectivity index (χ4v) is 3.07. The van der Waals surface area contributed by atoms with E-state index in [1.165, 1.54) is 10.5 Å². The maximum atomic E-state index is 12.4. The number of likely N-dealkylation sites (tertiary alicyclic amines) is 1. The molecule has 1 aromatic carbocycles. The number of aliphatic carboxylic acids is 1. The molecule has 0 aliphatic carbocycles. The van der Waals surface area contributed by atoms with Gasteiger partial charge in [0.05, 0.1) is 6.54 Å². The minimum Gasteiger partial charge on any atom is -0.488 e. The molecule has 27 heavy (non-hydrogen) atoms. The zero-order chi connectivity index (χ0) is 20.6. The van der Waals surface area contributed by atoms with Gasteiger partial charge in [0.25, 0.3) is 0 Å². The van der Waals surface area contributed by atoms with Crippen LogP contribution in [-0.2, 0) is 14.9 Å². The Kier molecular flexibility index (Phi) is 5.78. The Hall–Kier alpha value is -2.24. The third-order valence-corrected chi connectivity index (χ3v) is 4.51. The van der Waals surface area contributed by atoms with Crippen LogP contribution < -0.4 is 4.74 Å². The number of ether oxygens (including phenoxy) is 2. The van der Waals surface area contributed by atoms with E-state index in [4.69, 9.17) is 9.47 Å². The molecule has 0 saturated carbocycles. The van der Waals surface area contributed by atoms with Crippen LogP contribution in [0.1, 0.15) is 59.1 Å². The van der Waals surface area contributed by atoms with Gasteiger partial charge < -0.3 is 14.6 Å². The van der Waals surface area contributed by atoms with Crippen molar-refractivity contribution < 1.29 is 24.2 Å². The van der Waals surface area contributed by atoms with Crippen LogP contribution in [0.15, 0.2) is 18.2 Å². The molecule has 1 aromatic rings. The van der Waals surface area contributed by atoms with Gasteiger partial charge in [-0.2, -0.15) is 0 Å². The van der Waals surface area contributed by atoms with Crippen molar-refractivity contribution in [3.05, 3.63) is 29.3 Å². The summed E-state index contributed by atoms with van der Waals surface area (Å²) in [5, 5.41) is 9.49. The largest absolute Gasteiger partial charge is 0.488 e. The summed E-state index contributed by atoms with van der Waals surface area (Å²) in [5.74, 6) is -0.338. The number of carboxylic acids is 1. The second-order valence-corrected chi connectivity index (χ2v) is 9.19. The molecule has 2 rings (SSSR count). The van der Waals surface area contributed by atoms with Gasteiger partial charge in [0.15, 0.2) is 0 Å². The minimum atomic E-state index is -1.05. The van der Waals surface area contributed by atoms with Crippen LogP contribution in [0.5, 0.6) is 5.75 Å². The smallest absolute Gasteiger partial charge is 0.411 e. The molecule has 150 valence electrons. The van der Waals surface area contributed by atoms with Crippen molar-refractivity contribution in [3.8, 4) is 5.75 Å². The summed E-state index contributed by atoms with van der Waals surface area (Å²) in [5.41, 5.74) is 1.55. The fraction of sp³-hybridized carbons (Fsp3) is 0.619. The van der Waals surface area contributed by atoms with Crippen molar-refractivity contribution in [2.45, 2.75) is 78.0 Å². The van der Waals surface area contributed by atoms with Gasteiger partial charge in [0, 0.05) is 6.42 Å². The van der Waals surface area contributed by atoms with Crippen LogP contribution in [0.3, 0.4) is 0 Å². The number of carbonyl (C=O) groups is 2. The highest BCUT2D eigenvalue weighted by molar-refractivity contribution is 5.81. The Labute approximate surface area is 161 Å². The molecular weight excluding hydrogens is 346 g/mol. The van der Waals surface area contributed by atoms with Crippen molar-refractivity contribution in [2.75, 3.05) is 6.54 Å². The highest BCUT2D eigenvalue weighted by Gasteiger charge is 2.42. The zero-order valence-electron chi connectivity index (χ0n) is 17.3. The predicted molar refractivity (Wildman–Crippen MR) is 103 cm³/mol. The first-order valence-corrected chi connectivity index (χ1v) is 9.28. The van der Waals surface area contributed by atoms with E-state index in [1.807, 2.05) is 19.1 Å². The lowest BCUT2D eigenvalue weighted by atomic mass is 9.86. The van der Waals surface area contributed by atoms with E-state index in [0.717, 1.165) is 5.56 Å². The van der Waals surface area contributed by atoms with Crippen LogP contribution in [0.4, 0.5) is 4.79 Å². The number of carboxylic acid groups (broad SMARTS) is 1. The molecule has 0 aromatic heterocycles. The molecule has 0 unspecified atom stereocenters. The van der Waals surface area contributed by atoms with Crippen LogP contribution in [0, 0.1) is 6.92 Å². The van der Waals surface area contributed by atoms with Gasteiger partial charge >= 0.3 is 12.1 Å². The Morgan fingerprint density at radius 2 is 1.78 bits per heavy atom. The molecule has 6 heteroatoms. The molecule has 1 fully saturated rings. The van der Waals surface area contributed by atoms with E-state index in [1.54, 1.807) is 20.8 Å². The second kappa shape index (κ2) is 7.41. The summed E-state index contributed by atoms with van der Waals surface area (Å²) < 4.78 is 11.4. The van der Waals surface area contributed by atoms with Crippen LogP contribution >= 0.6 is 0 Å². The molecule has 2 atom stereocenters. The topological polar surface area (TPSA) is 76.1 Å². The highest BCUT2D eigenvalue weighted by atomic mass is 16.6. The summed E-state index contributed by atoms with van der Waals surface area (Å²) in [6.07, 6.45) is -0.784. The number of aryl methyl sites for hydroxylation is 1. The Morgan fingerprint density at radius 3 is 2.26 bits per heavy atom. The fourth-order valence-electron chi connectivity index (χ4n) is 3.07. The lowest BCUT2D eigenvalue weighted by molar-refractivity contribution is -0.142. The zero-order valence-corrected chi connectivity index (χ0v) is 17.3.